The van der Waals surface area contributed by atoms with Gasteiger partial charge in [0, 0.05) is 19.0 Å². The van der Waals surface area contributed by atoms with Crippen molar-refractivity contribution in [2.45, 2.75) is 43.5 Å². The van der Waals surface area contributed by atoms with Gasteiger partial charge in [0.05, 0.1) is 21.8 Å². The van der Waals surface area contributed by atoms with E-state index in [2.05, 4.69) is 10.3 Å². The van der Waals surface area contributed by atoms with E-state index in [9.17, 15) is 13.2 Å². The lowest BCUT2D eigenvalue weighted by atomic mass is 9.97. The molecule has 0 atom stereocenters. The lowest BCUT2D eigenvalue weighted by molar-refractivity contribution is -0.120. The predicted octanol–water partition coefficient (Wildman–Crippen LogP) is 3.77. The van der Waals surface area contributed by atoms with Crippen LogP contribution in [0.25, 0.3) is 0 Å². The molecular weight excluding hydrogens is 406 g/mol. The molecular formula is C21H27N3O3S2. The van der Waals surface area contributed by atoms with E-state index in [4.69, 9.17) is 0 Å². The van der Waals surface area contributed by atoms with Crippen molar-refractivity contribution >= 4 is 33.4 Å². The minimum atomic E-state index is -3.57. The molecule has 1 aliphatic rings. The summed E-state index contributed by atoms with van der Waals surface area (Å²) >= 11 is 1.54. The van der Waals surface area contributed by atoms with Crippen molar-refractivity contribution in [3.05, 3.63) is 47.2 Å². The fourth-order valence-corrected chi connectivity index (χ4v) is 6.12. The Kier molecular flexibility index (Phi) is 6.65. The Morgan fingerprint density at radius 3 is 2.28 bits per heavy atom. The van der Waals surface area contributed by atoms with Crippen LogP contribution >= 0.6 is 11.8 Å². The first kappa shape index (κ1) is 21.8. The van der Waals surface area contributed by atoms with E-state index in [1.807, 2.05) is 51.3 Å². The molecule has 1 fully saturated rings. The van der Waals surface area contributed by atoms with E-state index in [1.165, 1.54) is 4.31 Å². The molecule has 156 valence electrons. The number of carbonyl (C=O) groups excluding carboxylic acids is 1. The van der Waals surface area contributed by atoms with Crippen LogP contribution in [0.4, 0.5) is 5.69 Å². The van der Waals surface area contributed by atoms with Gasteiger partial charge in [0.2, 0.25) is 15.9 Å². The third-order valence-electron chi connectivity index (χ3n) is 5.24. The number of hydrogen-bond donors (Lipinski definition) is 1. The second-order valence-corrected chi connectivity index (χ2v) is 10.2. The van der Waals surface area contributed by atoms with Gasteiger partial charge in [0.25, 0.3) is 0 Å². The van der Waals surface area contributed by atoms with Crippen molar-refractivity contribution in [3.8, 4) is 0 Å². The minimum absolute atomic E-state index is 0.0801. The van der Waals surface area contributed by atoms with Gasteiger partial charge in [-0.1, -0.05) is 17.7 Å². The topological polar surface area (TPSA) is 79.4 Å². The number of piperidine rings is 1. The van der Waals surface area contributed by atoms with Gasteiger partial charge in [-0.15, -0.1) is 11.8 Å². The number of sulfonamides is 1. The molecule has 0 radical (unpaired) electrons. The zero-order valence-corrected chi connectivity index (χ0v) is 18.9. The van der Waals surface area contributed by atoms with Crippen molar-refractivity contribution < 1.29 is 13.2 Å². The van der Waals surface area contributed by atoms with Crippen LogP contribution in [-0.4, -0.2) is 43.0 Å². The Bertz CT molecular complexity index is 973. The lowest BCUT2D eigenvalue weighted by Crippen LogP contribution is -2.41. The molecule has 2 aromatic rings. The highest BCUT2D eigenvalue weighted by atomic mass is 32.2. The van der Waals surface area contributed by atoms with Crippen LogP contribution in [0.1, 0.15) is 29.5 Å². The molecule has 1 aliphatic heterocycles. The number of thioether (sulfide) groups is 1. The van der Waals surface area contributed by atoms with Crippen molar-refractivity contribution in [2.24, 2.45) is 5.92 Å². The van der Waals surface area contributed by atoms with Crippen molar-refractivity contribution in [3.63, 3.8) is 0 Å². The normalized spacial score (nSPS) is 16.0. The number of amides is 1. The fraction of sp³-hybridized carbons (Fsp3) is 0.429. The molecule has 2 heterocycles. The van der Waals surface area contributed by atoms with Crippen molar-refractivity contribution in [1.82, 2.24) is 9.29 Å². The molecule has 1 N–H and O–H groups in total. The van der Waals surface area contributed by atoms with Crippen LogP contribution in [0, 0.1) is 26.7 Å². The maximum atomic E-state index is 13.2. The Balaban J connectivity index is 1.66. The van der Waals surface area contributed by atoms with Gasteiger partial charge >= 0.3 is 0 Å². The van der Waals surface area contributed by atoms with Gasteiger partial charge in [-0.2, -0.15) is 4.31 Å². The number of hydrogen-bond acceptors (Lipinski definition) is 5. The number of nitrogens with one attached hydrogen (secondary N) is 1. The fourth-order valence-electron chi connectivity index (χ4n) is 3.88. The first-order valence-corrected chi connectivity index (χ1v) is 12.3. The number of nitrogens with zero attached hydrogens (tertiary/aromatic N) is 2. The average Bonchev–Trinajstić information content (AvgIpc) is 2.67. The molecule has 3 rings (SSSR count). The molecule has 6 nitrogen and oxygen atoms in total. The molecule has 0 spiro atoms. The average molecular weight is 434 g/mol. The van der Waals surface area contributed by atoms with Crippen LogP contribution in [0.2, 0.25) is 0 Å². The molecule has 0 unspecified atom stereocenters. The second-order valence-electron chi connectivity index (χ2n) is 7.48. The van der Waals surface area contributed by atoms with Gasteiger partial charge < -0.3 is 5.32 Å². The standard InChI is InChI=1S/C21H27N3O3S2/c1-14-11-15(2)20(16(3)12-14)29(26,27)24-9-7-17(8-10-24)21(25)23-18-5-6-19(28-4)22-13-18/h5-6,11-13,17H,7-10H2,1-4H3,(H,23,25). The Labute approximate surface area is 177 Å². The molecule has 0 bridgehead atoms. The SMILES string of the molecule is CSc1ccc(NC(=O)C2CCN(S(=O)(=O)c3c(C)cc(C)cc3C)CC2)cn1. The summed E-state index contributed by atoms with van der Waals surface area (Å²) in [5, 5.41) is 3.79. The number of rotatable bonds is 5. The summed E-state index contributed by atoms with van der Waals surface area (Å²) in [7, 11) is -3.57. The van der Waals surface area contributed by atoms with Crippen LogP contribution in [-0.2, 0) is 14.8 Å². The zero-order chi connectivity index (χ0) is 21.2. The summed E-state index contributed by atoms with van der Waals surface area (Å²) in [6, 6.07) is 7.49. The predicted molar refractivity (Wildman–Crippen MR) is 117 cm³/mol. The number of aromatic nitrogens is 1. The summed E-state index contributed by atoms with van der Waals surface area (Å²) in [6.45, 7) is 6.32. The van der Waals surface area contributed by atoms with E-state index >= 15 is 0 Å². The summed E-state index contributed by atoms with van der Waals surface area (Å²) in [5.41, 5.74) is 3.25. The smallest absolute Gasteiger partial charge is 0.243 e. The zero-order valence-electron chi connectivity index (χ0n) is 17.2. The number of aryl methyl sites for hydroxylation is 3. The maximum Gasteiger partial charge on any atom is 0.243 e. The van der Waals surface area contributed by atoms with Gasteiger partial charge in [0.15, 0.2) is 0 Å². The molecule has 0 saturated carbocycles. The van der Waals surface area contributed by atoms with Crippen molar-refractivity contribution in [1.29, 1.82) is 0 Å². The number of pyridine rings is 1. The third-order valence-corrected chi connectivity index (χ3v) is 8.10. The van der Waals surface area contributed by atoms with E-state index in [0.717, 1.165) is 21.7 Å². The molecule has 8 heteroatoms. The highest BCUT2D eigenvalue weighted by Gasteiger charge is 2.33. The van der Waals surface area contributed by atoms with Gasteiger partial charge in [-0.3, -0.25) is 4.79 Å². The van der Waals surface area contributed by atoms with Gasteiger partial charge in [-0.05, 0) is 63.1 Å². The highest BCUT2D eigenvalue weighted by Crippen LogP contribution is 2.29. The maximum absolute atomic E-state index is 13.2. The number of carbonyl (C=O) groups is 1. The van der Waals surface area contributed by atoms with E-state index in [0.29, 0.717) is 36.5 Å². The van der Waals surface area contributed by atoms with E-state index < -0.39 is 10.0 Å². The Morgan fingerprint density at radius 1 is 1.14 bits per heavy atom. The Hall–Kier alpha value is -1.90. The number of benzene rings is 1. The summed E-state index contributed by atoms with van der Waals surface area (Å²) in [6.07, 6.45) is 4.60. The van der Waals surface area contributed by atoms with E-state index in [1.54, 1.807) is 18.0 Å². The first-order chi connectivity index (χ1) is 13.7. The minimum Gasteiger partial charge on any atom is -0.324 e. The molecule has 1 aromatic carbocycles. The molecule has 1 aromatic heterocycles. The third kappa shape index (κ3) is 4.82. The molecule has 0 aliphatic carbocycles. The highest BCUT2D eigenvalue weighted by molar-refractivity contribution is 7.98. The Morgan fingerprint density at radius 2 is 1.76 bits per heavy atom. The molecule has 29 heavy (non-hydrogen) atoms. The van der Waals surface area contributed by atoms with Crippen LogP contribution < -0.4 is 5.32 Å². The largest absolute Gasteiger partial charge is 0.324 e. The van der Waals surface area contributed by atoms with Gasteiger partial charge in [-0.25, -0.2) is 13.4 Å². The van der Waals surface area contributed by atoms with Gasteiger partial charge in [0.1, 0.15) is 0 Å². The summed E-state index contributed by atoms with van der Waals surface area (Å²) in [4.78, 5) is 17.2. The summed E-state index contributed by atoms with van der Waals surface area (Å²) in [5.74, 6) is -0.287. The second kappa shape index (κ2) is 8.85. The first-order valence-electron chi connectivity index (χ1n) is 9.61. The molecule has 1 saturated heterocycles. The van der Waals surface area contributed by atoms with Crippen LogP contribution in [0.15, 0.2) is 40.4 Å². The van der Waals surface area contributed by atoms with Crippen LogP contribution in [0.3, 0.4) is 0 Å². The quantitative estimate of drug-likeness (QED) is 0.726. The summed E-state index contributed by atoms with van der Waals surface area (Å²) < 4.78 is 27.9. The number of anilines is 1. The van der Waals surface area contributed by atoms with E-state index in [-0.39, 0.29) is 11.8 Å². The van der Waals surface area contributed by atoms with Crippen LogP contribution in [0.5, 0.6) is 0 Å². The molecule has 1 amide bonds. The van der Waals surface area contributed by atoms with Crippen molar-refractivity contribution in [2.75, 3.05) is 24.7 Å². The lowest BCUT2D eigenvalue weighted by Gasteiger charge is -2.31. The monoisotopic (exact) mass is 433 g/mol.